The van der Waals surface area contributed by atoms with Gasteiger partial charge >= 0.3 is 0 Å². The molecule has 4 aliphatic rings. The number of piperidine rings is 1. The molecule has 2 bridgehead atoms. The first-order valence-electron chi connectivity index (χ1n) is 9.51. The highest BCUT2D eigenvalue weighted by molar-refractivity contribution is 5.85. The predicted octanol–water partition coefficient (Wildman–Crippen LogP) is 2.68. The van der Waals surface area contributed by atoms with E-state index in [9.17, 15) is 4.79 Å². The summed E-state index contributed by atoms with van der Waals surface area (Å²) in [5.41, 5.74) is 6.38. The van der Waals surface area contributed by atoms with E-state index in [0.717, 1.165) is 32.5 Å². The average Bonchev–Trinajstić information content (AvgIpc) is 2.53. The van der Waals surface area contributed by atoms with E-state index in [1.165, 1.54) is 45.1 Å². The monoisotopic (exact) mass is 377 g/mol. The van der Waals surface area contributed by atoms with Crippen LogP contribution in [0.3, 0.4) is 0 Å². The van der Waals surface area contributed by atoms with Crippen LogP contribution in [0, 0.1) is 17.8 Å². The van der Waals surface area contributed by atoms with Gasteiger partial charge in [0.15, 0.2) is 0 Å². The van der Waals surface area contributed by atoms with Crippen LogP contribution in [0.25, 0.3) is 0 Å². The van der Waals surface area contributed by atoms with E-state index in [0.29, 0.717) is 29.8 Å². The summed E-state index contributed by atoms with van der Waals surface area (Å²) < 4.78 is 0. The van der Waals surface area contributed by atoms with Crippen LogP contribution in [0.4, 0.5) is 0 Å². The molecule has 2 aliphatic carbocycles. The van der Waals surface area contributed by atoms with E-state index < -0.39 is 0 Å². The molecule has 0 radical (unpaired) electrons. The number of hydrogen-bond acceptors (Lipinski definition) is 3. The van der Waals surface area contributed by atoms with Crippen molar-refractivity contribution in [1.29, 1.82) is 0 Å². The molecule has 0 aromatic carbocycles. The first-order chi connectivity index (χ1) is 10.7. The number of carbonyl (C=O) groups excluding carboxylic acids is 1. The highest BCUT2D eigenvalue weighted by Gasteiger charge is 2.42. The van der Waals surface area contributed by atoms with Crippen molar-refractivity contribution in [1.82, 2.24) is 9.80 Å². The normalized spacial score (nSPS) is 39.2. The van der Waals surface area contributed by atoms with E-state index >= 15 is 0 Å². The highest BCUT2D eigenvalue weighted by Crippen LogP contribution is 2.42. The van der Waals surface area contributed by atoms with Gasteiger partial charge in [-0.15, -0.1) is 24.8 Å². The number of rotatable bonds is 1. The standard InChI is InChI=1S/C18H31N3O.2ClH/c19-17-13-4-3-5-14(17)11-15(10-13)18(22)21-9-8-20-7-2-1-6-16(20)12-21;;/h13-17H,1-12,19H2;2*1H. The first kappa shape index (κ1) is 20.3. The second kappa shape index (κ2) is 8.57. The van der Waals surface area contributed by atoms with Crippen molar-refractivity contribution in [3.05, 3.63) is 0 Å². The van der Waals surface area contributed by atoms with Crippen molar-refractivity contribution in [2.45, 2.75) is 63.5 Å². The van der Waals surface area contributed by atoms with E-state index in [4.69, 9.17) is 5.73 Å². The van der Waals surface area contributed by atoms with Crippen LogP contribution in [0.5, 0.6) is 0 Å². The van der Waals surface area contributed by atoms with Gasteiger partial charge in [-0.3, -0.25) is 9.69 Å². The molecule has 2 saturated heterocycles. The Bertz CT molecular complexity index is 422. The number of nitrogens with two attached hydrogens (primary N) is 1. The van der Waals surface area contributed by atoms with Crippen molar-refractivity contribution < 1.29 is 4.79 Å². The molecule has 6 heteroatoms. The molecular weight excluding hydrogens is 345 g/mol. The minimum Gasteiger partial charge on any atom is -0.340 e. The van der Waals surface area contributed by atoms with E-state index in [2.05, 4.69) is 9.80 Å². The summed E-state index contributed by atoms with van der Waals surface area (Å²) in [6, 6.07) is 1.00. The SMILES string of the molecule is Cl.Cl.NC1C2CCCC1CC(C(=O)N1CCN3CCCCC3C1)C2. The largest absolute Gasteiger partial charge is 0.340 e. The van der Waals surface area contributed by atoms with Crippen molar-refractivity contribution in [3.8, 4) is 0 Å². The van der Waals surface area contributed by atoms with Gasteiger partial charge in [-0.25, -0.2) is 0 Å². The molecule has 2 N–H and O–H groups in total. The zero-order chi connectivity index (χ0) is 15.1. The Morgan fingerprint density at radius 3 is 2.29 bits per heavy atom. The molecule has 1 amide bonds. The lowest BCUT2D eigenvalue weighted by Gasteiger charge is -2.47. The third kappa shape index (κ3) is 3.87. The van der Waals surface area contributed by atoms with Gasteiger partial charge in [-0.1, -0.05) is 12.8 Å². The zero-order valence-corrected chi connectivity index (χ0v) is 16.2. The van der Waals surface area contributed by atoms with Crippen molar-refractivity contribution >= 4 is 30.7 Å². The van der Waals surface area contributed by atoms with Crippen LogP contribution in [-0.2, 0) is 4.79 Å². The lowest BCUT2D eigenvalue weighted by molar-refractivity contribution is -0.142. The molecule has 0 spiro atoms. The van der Waals surface area contributed by atoms with Gasteiger partial charge < -0.3 is 10.6 Å². The lowest BCUT2D eigenvalue weighted by Crippen LogP contribution is -2.58. The Labute approximate surface area is 158 Å². The van der Waals surface area contributed by atoms with Crippen LogP contribution >= 0.6 is 24.8 Å². The summed E-state index contributed by atoms with van der Waals surface area (Å²) in [5.74, 6) is 1.94. The third-order valence-corrected chi connectivity index (χ3v) is 6.91. The number of piperazine rings is 1. The lowest BCUT2D eigenvalue weighted by atomic mass is 9.65. The topological polar surface area (TPSA) is 49.6 Å². The molecule has 0 aromatic heterocycles. The van der Waals surface area contributed by atoms with Crippen LogP contribution in [0.2, 0.25) is 0 Å². The molecule has 2 aliphatic heterocycles. The van der Waals surface area contributed by atoms with Crippen LogP contribution in [0.15, 0.2) is 0 Å². The number of amides is 1. The predicted molar refractivity (Wildman–Crippen MR) is 102 cm³/mol. The van der Waals surface area contributed by atoms with Crippen LogP contribution < -0.4 is 5.73 Å². The maximum atomic E-state index is 13.0. The zero-order valence-electron chi connectivity index (χ0n) is 14.6. The summed E-state index contributed by atoms with van der Waals surface area (Å²) in [6.45, 7) is 4.27. The number of hydrogen-bond donors (Lipinski definition) is 1. The highest BCUT2D eigenvalue weighted by atomic mass is 35.5. The quantitative estimate of drug-likeness (QED) is 0.763. The van der Waals surface area contributed by atoms with Gasteiger partial charge in [0, 0.05) is 37.6 Å². The molecule has 4 rings (SSSR count). The fourth-order valence-electron chi connectivity index (χ4n) is 5.61. The Balaban J connectivity index is 0.00000104. The molecule has 4 fully saturated rings. The molecule has 24 heavy (non-hydrogen) atoms. The van der Waals surface area contributed by atoms with Crippen molar-refractivity contribution in [2.75, 3.05) is 26.2 Å². The molecule has 2 heterocycles. The number of fused-ring (bicyclic) bond motifs is 3. The molecule has 140 valence electrons. The minimum atomic E-state index is 0. The van der Waals surface area contributed by atoms with Gasteiger partial charge in [0.2, 0.25) is 5.91 Å². The average molecular weight is 378 g/mol. The van der Waals surface area contributed by atoms with Crippen molar-refractivity contribution in [2.24, 2.45) is 23.5 Å². The summed E-state index contributed by atoms with van der Waals surface area (Å²) in [7, 11) is 0. The summed E-state index contributed by atoms with van der Waals surface area (Å²) in [6.07, 6.45) is 9.90. The number of carbonyl (C=O) groups is 1. The molecule has 2 saturated carbocycles. The summed E-state index contributed by atoms with van der Waals surface area (Å²) in [4.78, 5) is 17.8. The van der Waals surface area contributed by atoms with Crippen LogP contribution in [-0.4, -0.2) is 54.0 Å². The van der Waals surface area contributed by atoms with Crippen molar-refractivity contribution in [3.63, 3.8) is 0 Å². The van der Waals surface area contributed by atoms with E-state index in [1.54, 1.807) is 0 Å². The fraction of sp³-hybridized carbons (Fsp3) is 0.944. The molecular formula is C18H33Cl2N3O. The summed E-state index contributed by atoms with van der Waals surface area (Å²) in [5, 5.41) is 0. The number of nitrogens with zero attached hydrogens (tertiary/aromatic N) is 2. The Hall–Kier alpha value is -0.0300. The van der Waals surface area contributed by atoms with Gasteiger partial charge in [0.25, 0.3) is 0 Å². The second-order valence-electron chi connectivity index (χ2n) is 8.17. The second-order valence-corrected chi connectivity index (χ2v) is 8.17. The van der Waals surface area contributed by atoms with Crippen LogP contribution in [0.1, 0.15) is 51.4 Å². The third-order valence-electron chi connectivity index (χ3n) is 6.91. The molecule has 0 aromatic rings. The maximum absolute atomic E-state index is 13.0. The van der Waals surface area contributed by atoms with Gasteiger partial charge in [0.1, 0.15) is 0 Å². The Kier molecular flexibility index (Phi) is 7.24. The molecule has 3 unspecified atom stereocenters. The van der Waals surface area contributed by atoms with Gasteiger partial charge in [-0.2, -0.15) is 0 Å². The van der Waals surface area contributed by atoms with Gasteiger partial charge in [0.05, 0.1) is 0 Å². The Morgan fingerprint density at radius 1 is 0.875 bits per heavy atom. The minimum absolute atomic E-state index is 0. The smallest absolute Gasteiger partial charge is 0.225 e. The van der Waals surface area contributed by atoms with Gasteiger partial charge in [-0.05, 0) is 56.9 Å². The van der Waals surface area contributed by atoms with E-state index in [-0.39, 0.29) is 30.7 Å². The number of halogens is 2. The molecule has 3 atom stereocenters. The first-order valence-corrected chi connectivity index (χ1v) is 9.51. The summed E-state index contributed by atoms with van der Waals surface area (Å²) >= 11 is 0. The maximum Gasteiger partial charge on any atom is 0.225 e. The molecule has 4 nitrogen and oxygen atoms in total. The fourth-order valence-corrected chi connectivity index (χ4v) is 5.61. The van der Waals surface area contributed by atoms with E-state index in [1.807, 2.05) is 0 Å². The Morgan fingerprint density at radius 2 is 1.58 bits per heavy atom.